The van der Waals surface area contributed by atoms with Gasteiger partial charge in [0.1, 0.15) is 17.5 Å². The van der Waals surface area contributed by atoms with Crippen LogP contribution < -0.4 is 4.74 Å². The first-order valence-corrected chi connectivity index (χ1v) is 11.4. The zero-order valence-corrected chi connectivity index (χ0v) is 19.2. The number of aliphatic hydroxyl groups is 1. The van der Waals surface area contributed by atoms with E-state index in [0.29, 0.717) is 24.2 Å². The molecule has 4 rings (SSSR count). The Morgan fingerprint density at radius 1 is 1.33 bits per heavy atom. The van der Waals surface area contributed by atoms with Gasteiger partial charge in [0.05, 0.1) is 19.2 Å². The van der Waals surface area contributed by atoms with Crippen molar-refractivity contribution in [3.05, 3.63) is 47.9 Å². The van der Waals surface area contributed by atoms with Crippen molar-refractivity contribution in [3.63, 3.8) is 0 Å². The number of aromatic nitrogens is 1. The fourth-order valence-electron chi connectivity index (χ4n) is 4.15. The average molecular weight is 456 g/mol. The number of benzene rings is 1. The predicted octanol–water partition coefficient (Wildman–Crippen LogP) is 2.98. The Kier molecular flexibility index (Phi) is 6.65. The Morgan fingerprint density at radius 3 is 2.76 bits per heavy atom. The van der Waals surface area contributed by atoms with Gasteiger partial charge in [-0.05, 0) is 43.5 Å². The van der Waals surface area contributed by atoms with Crippen LogP contribution in [0.3, 0.4) is 0 Å². The number of pyridine rings is 1. The van der Waals surface area contributed by atoms with Crippen molar-refractivity contribution in [2.75, 3.05) is 26.7 Å². The summed E-state index contributed by atoms with van der Waals surface area (Å²) in [6.45, 7) is 4.31. The molecule has 1 fully saturated rings. The standard InChI is InChI=1S/C25H30FN3O4/c1-15-12-29(16(2)14-30)25(32)21-10-19(18-5-4-6-20(26)9-18)11-27-23(21)33-22(15)13-28(3)24(31)17-7-8-17/h4-6,9-11,15-17,22,30H,7-8,12-14H2,1-3H3/t15-,16+,22-/m0/s1. The lowest BCUT2D eigenvalue weighted by atomic mass is 9.99. The number of hydrogen-bond donors (Lipinski definition) is 1. The summed E-state index contributed by atoms with van der Waals surface area (Å²) >= 11 is 0. The number of fused-ring (bicyclic) bond motifs is 1. The van der Waals surface area contributed by atoms with E-state index in [4.69, 9.17) is 4.74 Å². The van der Waals surface area contributed by atoms with Crippen molar-refractivity contribution in [2.24, 2.45) is 11.8 Å². The highest BCUT2D eigenvalue weighted by atomic mass is 19.1. The summed E-state index contributed by atoms with van der Waals surface area (Å²) in [6, 6.07) is 7.34. The molecule has 1 saturated carbocycles. The second kappa shape index (κ2) is 9.47. The number of carbonyl (C=O) groups is 2. The van der Waals surface area contributed by atoms with Crippen molar-refractivity contribution in [3.8, 4) is 17.0 Å². The summed E-state index contributed by atoms with van der Waals surface area (Å²) < 4.78 is 20.0. The lowest BCUT2D eigenvalue weighted by Gasteiger charge is -2.37. The van der Waals surface area contributed by atoms with Gasteiger partial charge < -0.3 is 19.6 Å². The first-order chi connectivity index (χ1) is 15.8. The van der Waals surface area contributed by atoms with E-state index in [-0.39, 0.29) is 53.6 Å². The lowest BCUT2D eigenvalue weighted by molar-refractivity contribution is -0.132. The number of amides is 2. The minimum Gasteiger partial charge on any atom is -0.472 e. The number of aliphatic hydroxyl groups excluding tert-OH is 1. The van der Waals surface area contributed by atoms with Crippen LogP contribution in [0.25, 0.3) is 11.1 Å². The Balaban J connectivity index is 1.70. The fourth-order valence-corrected chi connectivity index (χ4v) is 4.15. The molecule has 2 aromatic rings. The minimum atomic E-state index is -0.407. The molecular weight excluding hydrogens is 425 g/mol. The average Bonchev–Trinajstić information content (AvgIpc) is 3.65. The van der Waals surface area contributed by atoms with Crippen LogP contribution in [0.15, 0.2) is 36.5 Å². The Bertz CT molecular complexity index is 1040. The quantitative estimate of drug-likeness (QED) is 0.724. The number of likely N-dealkylation sites (N-methyl/N-ethyl adjacent to an activating group) is 1. The van der Waals surface area contributed by atoms with E-state index in [1.165, 1.54) is 12.1 Å². The van der Waals surface area contributed by atoms with Crippen LogP contribution in [0.5, 0.6) is 5.88 Å². The van der Waals surface area contributed by atoms with Crippen LogP contribution in [0.2, 0.25) is 0 Å². The molecule has 1 aromatic heterocycles. The monoisotopic (exact) mass is 455 g/mol. The highest BCUT2D eigenvalue weighted by Crippen LogP contribution is 2.33. The highest BCUT2D eigenvalue weighted by molar-refractivity contribution is 5.98. The Hall–Kier alpha value is -3.00. The van der Waals surface area contributed by atoms with Crippen molar-refractivity contribution in [2.45, 2.75) is 38.8 Å². The molecule has 1 N–H and O–H groups in total. The molecule has 8 heteroatoms. The molecule has 2 amide bonds. The van der Waals surface area contributed by atoms with E-state index >= 15 is 0 Å². The molecule has 0 radical (unpaired) electrons. The maximum Gasteiger partial charge on any atom is 0.259 e. The topological polar surface area (TPSA) is 83.0 Å². The molecule has 1 aliphatic carbocycles. The third-order valence-corrected chi connectivity index (χ3v) is 6.44. The fraction of sp³-hybridized carbons (Fsp3) is 0.480. The maximum atomic E-state index is 13.8. The molecular formula is C25H30FN3O4. The molecule has 33 heavy (non-hydrogen) atoms. The Labute approximate surface area is 193 Å². The van der Waals surface area contributed by atoms with Crippen molar-refractivity contribution in [1.29, 1.82) is 0 Å². The third-order valence-electron chi connectivity index (χ3n) is 6.44. The third kappa shape index (κ3) is 5.00. The van der Waals surface area contributed by atoms with Gasteiger partial charge >= 0.3 is 0 Å². The van der Waals surface area contributed by atoms with Gasteiger partial charge in [-0.25, -0.2) is 9.37 Å². The number of ether oxygens (including phenoxy) is 1. The van der Waals surface area contributed by atoms with Gasteiger partial charge in [0, 0.05) is 37.2 Å². The van der Waals surface area contributed by atoms with Gasteiger partial charge in [-0.1, -0.05) is 19.1 Å². The van der Waals surface area contributed by atoms with Crippen LogP contribution in [-0.2, 0) is 4.79 Å². The largest absolute Gasteiger partial charge is 0.472 e. The summed E-state index contributed by atoms with van der Waals surface area (Å²) in [5.41, 5.74) is 1.44. The predicted molar refractivity (Wildman–Crippen MR) is 121 cm³/mol. The summed E-state index contributed by atoms with van der Waals surface area (Å²) in [5.74, 6) is -0.390. The molecule has 176 valence electrons. The second-order valence-electron chi connectivity index (χ2n) is 9.20. The first kappa shape index (κ1) is 23.2. The van der Waals surface area contributed by atoms with Crippen LogP contribution >= 0.6 is 0 Å². The van der Waals surface area contributed by atoms with Gasteiger partial charge in [-0.3, -0.25) is 9.59 Å². The van der Waals surface area contributed by atoms with E-state index in [1.807, 2.05) is 6.92 Å². The molecule has 1 aliphatic heterocycles. The summed E-state index contributed by atoms with van der Waals surface area (Å²) in [7, 11) is 1.77. The van der Waals surface area contributed by atoms with Gasteiger partial charge in [-0.2, -0.15) is 0 Å². The van der Waals surface area contributed by atoms with Crippen LogP contribution in [-0.4, -0.2) is 70.6 Å². The van der Waals surface area contributed by atoms with Gasteiger partial charge in [-0.15, -0.1) is 0 Å². The van der Waals surface area contributed by atoms with Gasteiger partial charge in [0.2, 0.25) is 11.8 Å². The van der Waals surface area contributed by atoms with Crippen LogP contribution in [0.4, 0.5) is 4.39 Å². The molecule has 7 nitrogen and oxygen atoms in total. The van der Waals surface area contributed by atoms with E-state index in [0.717, 1.165) is 12.8 Å². The SMILES string of the molecule is C[C@H](CO)N1C[C@H](C)[C@H](CN(C)C(=O)C2CC2)Oc2ncc(-c3cccc(F)c3)cc2C1=O. The Morgan fingerprint density at radius 2 is 2.09 bits per heavy atom. The van der Waals surface area contributed by atoms with Crippen molar-refractivity contribution >= 4 is 11.8 Å². The molecule has 0 unspecified atom stereocenters. The number of carbonyl (C=O) groups excluding carboxylic acids is 2. The molecule has 0 bridgehead atoms. The van der Waals surface area contributed by atoms with Crippen LogP contribution in [0.1, 0.15) is 37.0 Å². The van der Waals surface area contributed by atoms with Gasteiger partial charge in [0.25, 0.3) is 5.91 Å². The van der Waals surface area contributed by atoms with E-state index < -0.39 is 6.04 Å². The smallest absolute Gasteiger partial charge is 0.259 e. The summed E-state index contributed by atoms with van der Waals surface area (Å²) in [4.78, 5) is 33.7. The van der Waals surface area contributed by atoms with E-state index in [9.17, 15) is 19.1 Å². The normalized spacial score (nSPS) is 21.5. The number of hydrogen-bond acceptors (Lipinski definition) is 5. The zero-order valence-electron chi connectivity index (χ0n) is 19.2. The summed E-state index contributed by atoms with van der Waals surface area (Å²) in [6.07, 6.45) is 3.02. The minimum absolute atomic E-state index is 0.102. The van der Waals surface area contributed by atoms with Crippen molar-refractivity contribution < 1.29 is 23.8 Å². The number of rotatable bonds is 6. The number of nitrogens with zero attached hydrogens (tertiary/aromatic N) is 3. The zero-order chi connectivity index (χ0) is 23.7. The highest BCUT2D eigenvalue weighted by Gasteiger charge is 2.37. The molecule has 2 heterocycles. The maximum absolute atomic E-state index is 13.8. The summed E-state index contributed by atoms with van der Waals surface area (Å²) in [5, 5.41) is 9.78. The first-order valence-electron chi connectivity index (χ1n) is 11.4. The number of halogens is 1. The second-order valence-corrected chi connectivity index (χ2v) is 9.20. The molecule has 1 aromatic carbocycles. The van der Waals surface area contributed by atoms with E-state index in [1.54, 1.807) is 48.2 Å². The lowest BCUT2D eigenvalue weighted by Crippen LogP contribution is -2.50. The molecule has 2 aliphatic rings. The van der Waals surface area contributed by atoms with E-state index in [2.05, 4.69) is 4.98 Å². The van der Waals surface area contributed by atoms with Crippen molar-refractivity contribution in [1.82, 2.24) is 14.8 Å². The molecule has 0 spiro atoms. The molecule has 3 atom stereocenters. The van der Waals surface area contributed by atoms with Crippen LogP contribution in [0, 0.1) is 17.7 Å². The molecule has 0 saturated heterocycles. The van der Waals surface area contributed by atoms with Gasteiger partial charge in [0.15, 0.2) is 0 Å².